The van der Waals surface area contributed by atoms with Crippen molar-refractivity contribution < 1.29 is 0 Å². The van der Waals surface area contributed by atoms with Crippen LogP contribution in [0.1, 0.15) is 30.3 Å². The molecule has 0 radical (unpaired) electrons. The quantitative estimate of drug-likeness (QED) is 0.792. The van der Waals surface area contributed by atoms with Gasteiger partial charge in [0.2, 0.25) is 0 Å². The van der Waals surface area contributed by atoms with Crippen molar-refractivity contribution >= 4 is 0 Å². The van der Waals surface area contributed by atoms with Gasteiger partial charge in [-0.05, 0) is 47.3 Å². The van der Waals surface area contributed by atoms with Crippen LogP contribution in [0.3, 0.4) is 0 Å². The monoisotopic (exact) mass is 224 g/mol. The molecular formula is C12H24N4. The van der Waals surface area contributed by atoms with Gasteiger partial charge in [-0.2, -0.15) is 5.10 Å². The molecule has 2 N–H and O–H groups in total. The summed E-state index contributed by atoms with van der Waals surface area (Å²) in [6.45, 7) is 10.1. The number of nitrogens with zero attached hydrogens (tertiary/aromatic N) is 3. The van der Waals surface area contributed by atoms with E-state index in [0.717, 1.165) is 38.3 Å². The fourth-order valence-electron chi connectivity index (χ4n) is 1.98. The van der Waals surface area contributed by atoms with Crippen LogP contribution in [0.2, 0.25) is 0 Å². The highest BCUT2D eigenvalue weighted by Gasteiger charge is 2.11. The third-order valence-corrected chi connectivity index (χ3v) is 3.00. The van der Waals surface area contributed by atoms with Gasteiger partial charge in [0.25, 0.3) is 0 Å². The van der Waals surface area contributed by atoms with E-state index in [1.54, 1.807) is 0 Å². The highest BCUT2D eigenvalue weighted by atomic mass is 15.3. The molecule has 0 atom stereocenters. The van der Waals surface area contributed by atoms with Gasteiger partial charge in [0.15, 0.2) is 0 Å². The highest BCUT2D eigenvalue weighted by Crippen LogP contribution is 2.14. The zero-order valence-corrected chi connectivity index (χ0v) is 11.0. The van der Waals surface area contributed by atoms with Crippen LogP contribution in [0, 0.1) is 13.8 Å². The molecule has 0 aliphatic heterocycles. The smallest absolute Gasteiger partial charge is 0.0641 e. The molecule has 0 spiro atoms. The van der Waals surface area contributed by atoms with E-state index in [2.05, 4.69) is 42.5 Å². The van der Waals surface area contributed by atoms with E-state index in [1.807, 2.05) is 0 Å². The third kappa shape index (κ3) is 3.06. The van der Waals surface area contributed by atoms with E-state index >= 15 is 0 Å². The molecule has 1 rings (SSSR count). The Morgan fingerprint density at radius 1 is 1.38 bits per heavy atom. The molecule has 0 saturated carbocycles. The lowest BCUT2D eigenvalue weighted by molar-refractivity contribution is 0.322. The minimum atomic E-state index is 0.760. The number of aromatic nitrogens is 2. The fourth-order valence-corrected chi connectivity index (χ4v) is 1.98. The maximum atomic E-state index is 5.51. The zero-order chi connectivity index (χ0) is 12.1. The molecule has 4 nitrogen and oxygen atoms in total. The Hall–Kier alpha value is -0.870. The largest absolute Gasteiger partial charge is 0.330 e. The maximum absolute atomic E-state index is 5.51. The van der Waals surface area contributed by atoms with Gasteiger partial charge in [-0.25, -0.2) is 0 Å². The summed E-state index contributed by atoms with van der Waals surface area (Å²) in [5, 5.41) is 4.53. The molecule has 0 bridgehead atoms. The van der Waals surface area contributed by atoms with Crippen LogP contribution in [-0.4, -0.2) is 34.8 Å². The Balaban J connectivity index is 2.69. The Labute approximate surface area is 98.4 Å². The first-order valence-electron chi connectivity index (χ1n) is 6.01. The summed E-state index contributed by atoms with van der Waals surface area (Å²) in [6, 6.07) is 0. The first kappa shape index (κ1) is 13.2. The predicted molar refractivity (Wildman–Crippen MR) is 67.4 cm³/mol. The highest BCUT2D eigenvalue weighted by molar-refractivity contribution is 5.24. The summed E-state index contributed by atoms with van der Waals surface area (Å²) in [5.41, 5.74) is 9.32. The topological polar surface area (TPSA) is 47.1 Å². The maximum Gasteiger partial charge on any atom is 0.0641 e. The Morgan fingerprint density at radius 2 is 2.06 bits per heavy atom. The van der Waals surface area contributed by atoms with E-state index in [1.165, 1.54) is 11.3 Å². The molecule has 1 aromatic rings. The summed E-state index contributed by atoms with van der Waals surface area (Å²) in [7, 11) is 2.14. The third-order valence-electron chi connectivity index (χ3n) is 3.00. The molecular weight excluding hydrogens is 200 g/mol. The van der Waals surface area contributed by atoms with Gasteiger partial charge in [0.05, 0.1) is 5.69 Å². The summed E-state index contributed by atoms with van der Waals surface area (Å²) in [6.07, 6.45) is 1.05. The van der Waals surface area contributed by atoms with Crippen molar-refractivity contribution in [1.82, 2.24) is 14.7 Å². The lowest BCUT2D eigenvalue weighted by Gasteiger charge is -2.16. The van der Waals surface area contributed by atoms with E-state index < -0.39 is 0 Å². The molecule has 4 heteroatoms. The summed E-state index contributed by atoms with van der Waals surface area (Å²) < 4.78 is 2.07. The van der Waals surface area contributed by atoms with Crippen molar-refractivity contribution in [2.75, 3.05) is 20.1 Å². The average Bonchev–Trinajstić information content (AvgIpc) is 2.53. The molecule has 1 heterocycles. The standard InChI is InChI=1S/C12H24N4/c1-5-16-11(3)12(10(2)14-16)9-15(4)8-6-7-13/h5-9,13H2,1-4H3. The van der Waals surface area contributed by atoms with Gasteiger partial charge in [0.1, 0.15) is 0 Å². The SMILES string of the molecule is CCn1nc(C)c(CN(C)CCCN)c1C. The van der Waals surface area contributed by atoms with Crippen molar-refractivity contribution in [3.8, 4) is 0 Å². The van der Waals surface area contributed by atoms with Crippen LogP contribution in [0.4, 0.5) is 0 Å². The summed E-state index contributed by atoms with van der Waals surface area (Å²) >= 11 is 0. The Morgan fingerprint density at radius 3 is 2.56 bits per heavy atom. The lowest BCUT2D eigenvalue weighted by atomic mass is 10.2. The van der Waals surface area contributed by atoms with Crippen LogP contribution in [0.25, 0.3) is 0 Å². The lowest BCUT2D eigenvalue weighted by Crippen LogP contribution is -2.22. The fraction of sp³-hybridized carbons (Fsp3) is 0.750. The second-order valence-electron chi connectivity index (χ2n) is 4.35. The molecule has 0 amide bonds. The second-order valence-corrected chi connectivity index (χ2v) is 4.35. The minimum absolute atomic E-state index is 0.760. The molecule has 16 heavy (non-hydrogen) atoms. The molecule has 0 aliphatic rings. The van der Waals surface area contributed by atoms with Gasteiger partial charge in [-0.3, -0.25) is 4.68 Å². The average molecular weight is 224 g/mol. The van der Waals surface area contributed by atoms with E-state index in [0.29, 0.717) is 0 Å². The number of hydrogen-bond acceptors (Lipinski definition) is 3. The van der Waals surface area contributed by atoms with Gasteiger partial charge in [-0.1, -0.05) is 0 Å². The van der Waals surface area contributed by atoms with Crippen molar-refractivity contribution in [3.05, 3.63) is 17.0 Å². The van der Waals surface area contributed by atoms with Gasteiger partial charge in [-0.15, -0.1) is 0 Å². The van der Waals surface area contributed by atoms with Gasteiger partial charge >= 0.3 is 0 Å². The molecule has 92 valence electrons. The summed E-state index contributed by atoms with van der Waals surface area (Å²) in [4.78, 5) is 2.31. The molecule has 0 aromatic carbocycles. The summed E-state index contributed by atoms with van der Waals surface area (Å²) in [5.74, 6) is 0. The molecule has 0 saturated heterocycles. The first-order chi connectivity index (χ1) is 7.60. The van der Waals surface area contributed by atoms with Crippen LogP contribution in [0.15, 0.2) is 0 Å². The van der Waals surface area contributed by atoms with Gasteiger partial charge < -0.3 is 10.6 Å². The van der Waals surface area contributed by atoms with Crippen LogP contribution in [0.5, 0.6) is 0 Å². The van der Waals surface area contributed by atoms with Crippen LogP contribution in [-0.2, 0) is 13.1 Å². The van der Waals surface area contributed by atoms with Crippen molar-refractivity contribution in [2.45, 2.75) is 40.3 Å². The van der Waals surface area contributed by atoms with Crippen molar-refractivity contribution in [2.24, 2.45) is 5.73 Å². The van der Waals surface area contributed by atoms with Crippen molar-refractivity contribution in [3.63, 3.8) is 0 Å². The van der Waals surface area contributed by atoms with Gasteiger partial charge in [0, 0.05) is 24.3 Å². The van der Waals surface area contributed by atoms with Crippen LogP contribution < -0.4 is 5.73 Å². The molecule has 0 aliphatic carbocycles. The van der Waals surface area contributed by atoms with E-state index in [9.17, 15) is 0 Å². The zero-order valence-electron chi connectivity index (χ0n) is 11.0. The number of aryl methyl sites for hydroxylation is 2. The minimum Gasteiger partial charge on any atom is -0.330 e. The normalized spacial score (nSPS) is 11.4. The first-order valence-corrected chi connectivity index (χ1v) is 6.01. The number of nitrogens with two attached hydrogens (primary N) is 1. The Bertz CT molecular complexity index is 330. The molecule has 0 fully saturated rings. The predicted octanol–water partition coefficient (Wildman–Crippen LogP) is 1.30. The second kappa shape index (κ2) is 6.01. The van der Waals surface area contributed by atoms with Crippen LogP contribution >= 0.6 is 0 Å². The van der Waals surface area contributed by atoms with E-state index in [4.69, 9.17) is 5.73 Å². The Kier molecular flexibility index (Phi) is 4.96. The van der Waals surface area contributed by atoms with Crippen molar-refractivity contribution in [1.29, 1.82) is 0 Å². The van der Waals surface area contributed by atoms with E-state index in [-0.39, 0.29) is 0 Å². The molecule has 1 aromatic heterocycles. The molecule has 0 unspecified atom stereocenters. The number of rotatable bonds is 6. The number of hydrogen-bond donors (Lipinski definition) is 1.